The third-order valence-corrected chi connectivity index (χ3v) is 8.10. The number of aliphatic hydroxyl groups excluding tert-OH is 1. The van der Waals surface area contributed by atoms with Gasteiger partial charge in [0, 0.05) is 56.0 Å². The second-order valence-electron chi connectivity index (χ2n) is 10.4. The molecule has 1 aromatic carbocycles. The molecule has 2 N–H and O–H groups in total. The third kappa shape index (κ3) is 4.64. The summed E-state index contributed by atoms with van der Waals surface area (Å²) in [7, 11) is 0. The second-order valence-corrected chi connectivity index (χ2v) is 10.4. The lowest BCUT2D eigenvalue weighted by atomic mass is 9.91. The summed E-state index contributed by atoms with van der Waals surface area (Å²) in [5.74, 6) is -0.485. The van der Waals surface area contributed by atoms with Gasteiger partial charge in [-0.1, -0.05) is 31.4 Å². The number of halogens is 1. The summed E-state index contributed by atoms with van der Waals surface area (Å²) in [5, 5.41) is 13.3. The van der Waals surface area contributed by atoms with Gasteiger partial charge in [-0.2, -0.15) is 0 Å². The molecule has 3 aliphatic rings. The highest BCUT2D eigenvalue weighted by atomic mass is 19.1. The van der Waals surface area contributed by atoms with Gasteiger partial charge in [0.2, 0.25) is 5.91 Å². The van der Waals surface area contributed by atoms with Gasteiger partial charge in [-0.3, -0.25) is 19.5 Å². The predicted octanol–water partition coefficient (Wildman–Crippen LogP) is 3.51. The molecule has 1 unspecified atom stereocenters. The Balaban J connectivity index is 1.36. The number of nitrogens with zero attached hydrogens (tertiary/aromatic N) is 3. The molecule has 36 heavy (non-hydrogen) atoms. The Bertz CT molecular complexity index is 1120. The monoisotopic (exact) mass is 494 g/mol. The largest absolute Gasteiger partial charge is 0.392 e. The van der Waals surface area contributed by atoms with Gasteiger partial charge in [0.05, 0.1) is 6.10 Å². The van der Waals surface area contributed by atoms with Crippen molar-refractivity contribution in [3.8, 4) is 11.1 Å². The molecule has 192 valence electrons. The fourth-order valence-electron chi connectivity index (χ4n) is 6.28. The minimum Gasteiger partial charge on any atom is -0.392 e. The first kappa shape index (κ1) is 24.8. The predicted molar refractivity (Wildman–Crippen MR) is 135 cm³/mol. The molecule has 8 heteroatoms. The van der Waals surface area contributed by atoms with E-state index in [1.54, 1.807) is 24.3 Å². The summed E-state index contributed by atoms with van der Waals surface area (Å²) < 4.78 is 14.8. The average molecular weight is 495 g/mol. The summed E-state index contributed by atoms with van der Waals surface area (Å²) in [6.07, 6.45) is 7.86. The first-order valence-electron chi connectivity index (χ1n) is 13.2. The number of amides is 2. The number of benzene rings is 1. The zero-order valence-corrected chi connectivity index (χ0v) is 20.9. The number of pyridine rings is 1. The zero-order valence-electron chi connectivity index (χ0n) is 20.9. The van der Waals surface area contributed by atoms with E-state index in [0.717, 1.165) is 31.4 Å². The molecule has 1 aromatic heterocycles. The van der Waals surface area contributed by atoms with Crippen molar-refractivity contribution in [1.82, 2.24) is 20.1 Å². The number of nitrogens with one attached hydrogen (secondary N) is 1. The van der Waals surface area contributed by atoms with Gasteiger partial charge in [0.25, 0.3) is 5.91 Å². The minimum atomic E-state index is -0.679. The molecule has 5 rings (SSSR count). The van der Waals surface area contributed by atoms with E-state index in [2.05, 4.69) is 20.1 Å². The van der Waals surface area contributed by atoms with Crippen molar-refractivity contribution in [2.24, 2.45) is 0 Å². The Hall–Kier alpha value is -2.84. The van der Waals surface area contributed by atoms with Gasteiger partial charge in [-0.25, -0.2) is 4.39 Å². The number of carbonyl (C=O) groups is 2. The highest BCUT2D eigenvalue weighted by Crippen LogP contribution is 2.42. The quantitative estimate of drug-likeness (QED) is 0.642. The van der Waals surface area contributed by atoms with Crippen LogP contribution < -0.4 is 5.32 Å². The third-order valence-electron chi connectivity index (χ3n) is 8.10. The van der Waals surface area contributed by atoms with Crippen molar-refractivity contribution in [2.75, 3.05) is 19.6 Å². The van der Waals surface area contributed by atoms with Crippen LogP contribution in [0.1, 0.15) is 67.9 Å². The van der Waals surface area contributed by atoms with E-state index in [9.17, 15) is 19.1 Å². The Kier molecular flexibility index (Phi) is 7.08. The van der Waals surface area contributed by atoms with Gasteiger partial charge >= 0.3 is 0 Å². The summed E-state index contributed by atoms with van der Waals surface area (Å²) in [6.45, 7) is 3.97. The number of likely N-dealkylation sites (tertiary alicyclic amines) is 2. The summed E-state index contributed by atoms with van der Waals surface area (Å²) in [4.78, 5) is 34.1. The summed E-state index contributed by atoms with van der Waals surface area (Å²) in [5.41, 5.74) is 1.46. The number of rotatable bonds is 6. The van der Waals surface area contributed by atoms with Crippen molar-refractivity contribution in [1.29, 1.82) is 0 Å². The number of aliphatic hydroxyl groups is 1. The molecule has 1 saturated carbocycles. The van der Waals surface area contributed by atoms with Crippen LogP contribution >= 0.6 is 0 Å². The molecule has 3 heterocycles. The lowest BCUT2D eigenvalue weighted by Crippen LogP contribution is -2.51. The van der Waals surface area contributed by atoms with Crippen LogP contribution in [0.25, 0.3) is 11.1 Å². The molecule has 1 aliphatic carbocycles. The van der Waals surface area contributed by atoms with Crippen LogP contribution in [0.2, 0.25) is 0 Å². The van der Waals surface area contributed by atoms with Crippen molar-refractivity contribution in [2.45, 2.75) is 76.1 Å². The highest BCUT2D eigenvalue weighted by Gasteiger charge is 2.56. The van der Waals surface area contributed by atoms with Crippen molar-refractivity contribution in [3.05, 3.63) is 53.6 Å². The lowest BCUT2D eigenvalue weighted by Gasteiger charge is -2.36. The van der Waals surface area contributed by atoms with Crippen molar-refractivity contribution < 1.29 is 19.1 Å². The van der Waals surface area contributed by atoms with Crippen LogP contribution in [-0.4, -0.2) is 69.0 Å². The summed E-state index contributed by atoms with van der Waals surface area (Å²) >= 11 is 0. The van der Waals surface area contributed by atoms with Crippen LogP contribution in [0.5, 0.6) is 0 Å². The van der Waals surface area contributed by atoms with E-state index in [1.165, 1.54) is 31.5 Å². The Morgan fingerprint density at radius 3 is 2.75 bits per heavy atom. The molecule has 2 aromatic rings. The van der Waals surface area contributed by atoms with E-state index in [4.69, 9.17) is 0 Å². The van der Waals surface area contributed by atoms with Crippen molar-refractivity contribution >= 4 is 11.8 Å². The SMILES string of the molecule is CCNC(=O)c1ccc(-c2cc(CN3C[C@H](O)CC34CCN(C3CCCCC3)C4=O)ccc2F)cn1. The van der Waals surface area contributed by atoms with E-state index in [-0.39, 0.29) is 23.3 Å². The van der Waals surface area contributed by atoms with E-state index < -0.39 is 11.6 Å². The number of aromatic nitrogens is 1. The molecule has 2 saturated heterocycles. The molecule has 0 bridgehead atoms. The number of hydrogen-bond donors (Lipinski definition) is 2. The molecular weight excluding hydrogens is 459 g/mol. The van der Waals surface area contributed by atoms with Gasteiger partial charge in [-0.15, -0.1) is 0 Å². The van der Waals surface area contributed by atoms with Crippen LogP contribution in [0.4, 0.5) is 4.39 Å². The van der Waals surface area contributed by atoms with Crippen molar-refractivity contribution in [3.63, 3.8) is 0 Å². The van der Waals surface area contributed by atoms with Crippen LogP contribution in [-0.2, 0) is 11.3 Å². The van der Waals surface area contributed by atoms with Crippen LogP contribution in [0.3, 0.4) is 0 Å². The molecule has 1 spiro atoms. The first-order valence-corrected chi connectivity index (χ1v) is 13.2. The highest BCUT2D eigenvalue weighted by molar-refractivity contribution is 5.92. The summed E-state index contributed by atoms with van der Waals surface area (Å²) in [6, 6.07) is 8.57. The maximum atomic E-state index is 14.8. The molecule has 2 aliphatic heterocycles. The number of hydrogen-bond acceptors (Lipinski definition) is 5. The maximum absolute atomic E-state index is 14.8. The number of carbonyl (C=O) groups excluding carboxylic acids is 2. The first-order chi connectivity index (χ1) is 17.4. The maximum Gasteiger partial charge on any atom is 0.269 e. The zero-order chi connectivity index (χ0) is 25.3. The minimum absolute atomic E-state index is 0.151. The van der Waals surface area contributed by atoms with Gasteiger partial charge < -0.3 is 15.3 Å². The Morgan fingerprint density at radius 2 is 2.03 bits per heavy atom. The normalized spacial score (nSPS) is 25.1. The fraction of sp³-hybridized carbons (Fsp3) is 0.536. The molecule has 7 nitrogen and oxygen atoms in total. The van der Waals surface area contributed by atoms with Gasteiger partial charge in [0.15, 0.2) is 0 Å². The molecule has 0 radical (unpaired) electrons. The van der Waals surface area contributed by atoms with E-state index >= 15 is 0 Å². The van der Waals surface area contributed by atoms with Crippen LogP contribution in [0, 0.1) is 5.82 Å². The van der Waals surface area contributed by atoms with E-state index in [1.807, 2.05) is 6.92 Å². The van der Waals surface area contributed by atoms with Gasteiger partial charge in [-0.05, 0) is 49.9 Å². The molecule has 2 atom stereocenters. The average Bonchev–Trinajstić information content (AvgIpc) is 3.39. The standard InChI is InChI=1S/C28H35FN4O3/c1-2-30-26(35)25-11-9-20(16-31-25)23-14-19(8-10-24(23)29)17-32-18-22(34)15-28(32)12-13-33(27(28)36)21-6-4-3-5-7-21/h8-11,14,16,21-22,34H,2-7,12-13,15,17-18H2,1H3,(H,30,35)/t22-,28?/m1/s1. The fourth-order valence-corrected chi connectivity index (χ4v) is 6.28. The van der Waals surface area contributed by atoms with Gasteiger partial charge in [0.1, 0.15) is 17.1 Å². The topological polar surface area (TPSA) is 85.8 Å². The Labute approximate surface area is 211 Å². The second kappa shape index (κ2) is 10.3. The van der Waals surface area contributed by atoms with E-state index in [0.29, 0.717) is 43.2 Å². The molecule has 2 amide bonds. The molecule has 3 fully saturated rings. The number of β-amino-alcohol motifs (C(OH)–C–C–N with tert-alkyl or cyclic N) is 1. The smallest absolute Gasteiger partial charge is 0.269 e. The van der Waals surface area contributed by atoms with Crippen LogP contribution in [0.15, 0.2) is 36.5 Å². The Morgan fingerprint density at radius 1 is 1.22 bits per heavy atom. The molecular formula is C28H35FN4O3. The lowest BCUT2D eigenvalue weighted by molar-refractivity contribution is -0.139.